The lowest BCUT2D eigenvalue weighted by molar-refractivity contribution is 0.769. The monoisotopic (exact) mass is 724 g/mol. The average Bonchev–Trinajstić information content (AvgIpc) is 3.59. The number of benzene rings is 9. The predicted molar refractivity (Wildman–Crippen MR) is 236 cm³/mol. The van der Waals surface area contributed by atoms with Crippen LogP contribution in [0.5, 0.6) is 0 Å². The molecule has 1 aliphatic rings. The molecule has 0 amide bonds. The molecule has 2 nitrogen and oxygen atoms in total. The molecule has 0 aliphatic heterocycles. The van der Waals surface area contributed by atoms with Gasteiger partial charge >= 0.3 is 0 Å². The van der Waals surface area contributed by atoms with Crippen molar-refractivity contribution in [1.82, 2.24) is 9.97 Å². The SMILES string of the molecule is c1ccc(-c2nc(-c3cccc4ccccc34)cc(-c3ccc(-c4ccc5c(c4)C(c4ccccc4)(c4ccccc4)c4ccccc4-5)c4ccccc34)n2)cc1. The van der Waals surface area contributed by atoms with Crippen LogP contribution in [0.25, 0.3) is 77.7 Å². The minimum atomic E-state index is -0.465. The molecule has 11 rings (SSSR count). The van der Waals surface area contributed by atoms with Crippen molar-refractivity contribution in [1.29, 1.82) is 0 Å². The maximum Gasteiger partial charge on any atom is 0.160 e. The van der Waals surface area contributed by atoms with Crippen LogP contribution in [0.2, 0.25) is 0 Å². The fourth-order valence-corrected chi connectivity index (χ4v) is 9.27. The van der Waals surface area contributed by atoms with E-state index in [2.05, 4.69) is 200 Å². The fraction of sp³-hybridized carbons (Fsp3) is 0.0182. The molecule has 0 N–H and O–H groups in total. The Kier molecular flexibility index (Phi) is 7.75. The molecule has 57 heavy (non-hydrogen) atoms. The maximum atomic E-state index is 5.28. The van der Waals surface area contributed by atoms with E-state index in [-0.39, 0.29) is 0 Å². The molecule has 1 aromatic heterocycles. The van der Waals surface area contributed by atoms with Gasteiger partial charge in [0.05, 0.1) is 16.8 Å². The molecule has 9 aromatic carbocycles. The van der Waals surface area contributed by atoms with Crippen molar-refractivity contribution in [2.75, 3.05) is 0 Å². The zero-order valence-electron chi connectivity index (χ0n) is 31.2. The number of fused-ring (bicyclic) bond motifs is 5. The highest BCUT2D eigenvalue weighted by molar-refractivity contribution is 6.06. The maximum absolute atomic E-state index is 5.28. The first-order valence-corrected chi connectivity index (χ1v) is 19.6. The van der Waals surface area contributed by atoms with Crippen LogP contribution in [0.15, 0.2) is 218 Å². The molecule has 1 aliphatic carbocycles. The van der Waals surface area contributed by atoms with Gasteiger partial charge in [0.1, 0.15) is 0 Å². The molecule has 0 fully saturated rings. The second-order valence-electron chi connectivity index (χ2n) is 14.8. The number of hydrogen-bond donors (Lipinski definition) is 0. The van der Waals surface area contributed by atoms with E-state index in [1.165, 1.54) is 60.7 Å². The number of nitrogens with zero attached hydrogens (tertiary/aromatic N) is 2. The second-order valence-corrected chi connectivity index (χ2v) is 14.8. The molecule has 0 spiro atoms. The van der Waals surface area contributed by atoms with Crippen LogP contribution < -0.4 is 0 Å². The fourth-order valence-electron chi connectivity index (χ4n) is 9.27. The van der Waals surface area contributed by atoms with Crippen LogP contribution >= 0.6 is 0 Å². The molecule has 0 saturated carbocycles. The third-order valence-electron chi connectivity index (χ3n) is 11.8. The van der Waals surface area contributed by atoms with E-state index in [0.29, 0.717) is 5.82 Å². The first-order valence-electron chi connectivity index (χ1n) is 19.6. The lowest BCUT2D eigenvalue weighted by atomic mass is 9.67. The summed E-state index contributed by atoms with van der Waals surface area (Å²) in [7, 11) is 0. The Morgan fingerprint density at radius 3 is 1.51 bits per heavy atom. The van der Waals surface area contributed by atoms with Crippen molar-refractivity contribution in [3.8, 4) is 56.2 Å². The number of hydrogen-bond acceptors (Lipinski definition) is 2. The topological polar surface area (TPSA) is 25.8 Å². The Morgan fingerprint density at radius 2 is 0.789 bits per heavy atom. The van der Waals surface area contributed by atoms with Gasteiger partial charge in [-0.2, -0.15) is 0 Å². The first-order chi connectivity index (χ1) is 28.3. The van der Waals surface area contributed by atoms with Gasteiger partial charge in [-0.3, -0.25) is 0 Å². The molecule has 2 heteroatoms. The van der Waals surface area contributed by atoms with Gasteiger partial charge < -0.3 is 0 Å². The molecule has 0 unspecified atom stereocenters. The highest BCUT2D eigenvalue weighted by Gasteiger charge is 2.46. The van der Waals surface area contributed by atoms with E-state index in [4.69, 9.17) is 9.97 Å². The minimum Gasteiger partial charge on any atom is -0.228 e. The van der Waals surface area contributed by atoms with Crippen molar-refractivity contribution in [3.05, 3.63) is 241 Å². The van der Waals surface area contributed by atoms with Crippen LogP contribution in [0, 0.1) is 0 Å². The lowest BCUT2D eigenvalue weighted by Gasteiger charge is -2.34. The Bertz CT molecular complexity index is 3070. The van der Waals surface area contributed by atoms with E-state index < -0.39 is 5.41 Å². The van der Waals surface area contributed by atoms with E-state index >= 15 is 0 Å². The molecule has 0 saturated heterocycles. The average molecular weight is 725 g/mol. The van der Waals surface area contributed by atoms with Crippen LogP contribution in [-0.4, -0.2) is 9.97 Å². The normalized spacial score (nSPS) is 12.7. The molecule has 10 aromatic rings. The zero-order chi connectivity index (χ0) is 37.8. The van der Waals surface area contributed by atoms with Gasteiger partial charge in [0.25, 0.3) is 0 Å². The summed E-state index contributed by atoms with van der Waals surface area (Å²) in [5, 5.41) is 4.69. The molecular formula is C55H36N2. The van der Waals surface area contributed by atoms with Crippen LogP contribution in [0.1, 0.15) is 22.3 Å². The molecule has 266 valence electrons. The summed E-state index contributed by atoms with van der Waals surface area (Å²) in [6, 6.07) is 78.8. The van der Waals surface area contributed by atoms with Crippen molar-refractivity contribution in [2.24, 2.45) is 0 Å². The van der Waals surface area contributed by atoms with E-state index in [9.17, 15) is 0 Å². The molecule has 0 radical (unpaired) electrons. The van der Waals surface area contributed by atoms with Gasteiger partial charge in [-0.25, -0.2) is 9.97 Å². The molecule has 0 bridgehead atoms. The second kappa shape index (κ2) is 13.4. The number of aromatic nitrogens is 2. The zero-order valence-corrected chi connectivity index (χ0v) is 31.2. The van der Waals surface area contributed by atoms with Crippen molar-refractivity contribution in [2.45, 2.75) is 5.41 Å². The summed E-state index contributed by atoms with van der Waals surface area (Å²) >= 11 is 0. The number of rotatable bonds is 6. The summed E-state index contributed by atoms with van der Waals surface area (Å²) < 4.78 is 0. The Morgan fingerprint density at radius 1 is 0.298 bits per heavy atom. The van der Waals surface area contributed by atoms with Gasteiger partial charge in [-0.15, -0.1) is 0 Å². The van der Waals surface area contributed by atoms with E-state index in [0.717, 1.165) is 33.5 Å². The highest BCUT2D eigenvalue weighted by atomic mass is 14.9. The Labute approximate surface area is 332 Å². The standard InChI is InChI=1S/C55H36N2/c1-4-18-38(19-5-1)54-56-52(48-29-16-20-37-17-10-11-25-42(37)48)36-53(57-54)49-34-33-43(44-26-12-13-27-45(44)49)39-31-32-47-46-28-14-15-30-50(46)55(51(47)35-39,40-21-6-2-7-22-40)41-23-8-3-9-24-41/h1-36H. The summed E-state index contributed by atoms with van der Waals surface area (Å²) in [5.74, 6) is 0.709. The van der Waals surface area contributed by atoms with Gasteiger partial charge in [0.2, 0.25) is 0 Å². The van der Waals surface area contributed by atoms with Gasteiger partial charge in [-0.1, -0.05) is 206 Å². The molecule has 1 heterocycles. The third-order valence-corrected chi connectivity index (χ3v) is 11.8. The van der Waals surface area contributed by atoms with Gasteiger partial charge in [0, 0.05) is 16.7 Å². The van der Waals surface area contributed by atoms with Crippen LogP contribution in [-0.2, 0) is 5.41 Å². The van der Waals surface area contributed by atoms with Crippen LogP contribution in [0.4, 0.5) is 0 Å². The smallest absolute Gasteiger partial charge is 0.160 e. The quantitative estimate of drug-likeness (QED) is 0.171. The van der Waals surface area contributed by atoms with Crippen molar-refractivity contribution >= 4 is 21.5 Å². The van der Waals surface area contributed by atoms with Crippen molar-refractivity contribution in [3.63, 3.8) is 0 Å². The summed E-state index contributed by atoms with van der Waals surface area (Å²) in [6.07, 6.45) is 0. The van der Waals surface area contributed by atoms with E-state index in [1.54, 1.807) is 0 Å². The highest BCUT2D eigenvalue weighted by Crippen LogP contribution is 2.57. The summed E-state index contributed by atoms with van der Waals surface area (Å²) in [6.45, 7) is 0. The van der Waals surface area contributed by atoms with Crippen LogP contribution in [0.3, 0.4) is 0 Å². The lowest BCUT2D eigenvalue weighted by Crippen LogP contribution is -2.28. The summed E-state index contributed by atoms with van der Waals surface area (Å²) in [4.78, 5) is 10.5. The third kappa shape index (κ3) is 5.26. The summed E-state index contributed by atoms with van der Waals surface area (Å²) in [5.41, 5.74) is 14.6. The Balaban J connectivity index is 1.12. The Hall–Kier alpha value is -7.42. The first kappa shape index (κ1) is 33.0. The molecular weight excluding hydrogens is 689 g/mol. The molecule has 0 atom stereocenters. The van der Waals surface area contributed by atoms with Gasteiger partial charge in [-0.05, 0) is 78.2 Å². The predicted octanol–water partition coefficient (Wildman–Crippen LogP) is 13.8. The minimum absolute atomic E-state index is 0.465. The van der Waals surface area contributed by atoms with Gasteiger partial charge in [0.15, 0.2) is 5.82 Å². The van der Waals surface area contributed by atoms with Crippen molar-refractivity contribution < 1.29 is 0 Å². The largest absolute Gasteiger partial charge is 0.228 e. The van der Waals surface area contributed by atoms with E-state index in [1.807, 2.05) is 18.2 Å².